The lowest BCUT2D eigenvalue weighted by molar-refractivity contribution is 0.0945. The monoisotopic (exact) mass is 337 g/mol. The predicted molar refractivity (Wildman–Crippen MR) is 92.6 cm³/mol. The van der Waals surface area contributed by atoms with Crippen LogP contribution in [0.3, 0.4) is 0 Å². The van der Waals surface area contributed by atoms with E-state index < -0.39 is 0 Å². The zero-order valence-electron chi connectivity index (χ0n) is 14.4. The summed E-state index contributed by atoms with van der Waals surface area (Å²) < 4.78 is 11.1. The number of oxazole rings is 1. The molecule has 1 N–H and O–H groups in total. The molecule has 3 aromatic rings. The number of aryl methyl sites for hydroxylation is 3. The summed E-state index contributed by atoms with van der Waals surface area (Å²) in [4.78, 5) is 20.4. The second-order valence-corrected chi connectivity index (χ2v) is 5.73. The van der Waals surface area contributed by atoms with E-state index in [4.69, 9.17) is 9.15 Å². The number of carbonyl (C=O) groups excluding carboxylic acids is 1. The summed E-state index contributed by atoms with van der Waals surface area (Å²) in [5.41, 5.74) is 3.11. The zero-order valence-corrected chi connectivity index (χ0v) is 14.4. The highest BCUT2D eigenvalue weighted by atomic mass is 16.5. The molecule has 0 aliphatic rings. The number of aromatic nitrogens is 2. The molecule has 0 bridgehead atoms. The van der Waals surface area contributed by atoms with Gasteiger partial charge in [-0.3, -0.25) is 4.79 Å². The third-order valence-corrected chi connectivity index (χ3v) is 3.86. The van der Waals surface area contributed by atoms with Gasteiger partial charge in [-0.2, -0.15) is 0 Å². The third-order valence-electron chi connectivity index (χ3n) is 3.86. The van der Waals surface area contributed by atoms with Gasteiger partial charge in [0.2, 0.25) is 5.88 Å². The molecule has 0 atom stereocenters. The van der Waals surface area contributed by atoms with Crippen LogP contribution in [-0.4, -0.2) is 15.9 Å². The molecule has 2 aromatic heterocycles. The number of pyridine rings is 1. The van der Waals surface area contributed by atoms with Crippen molar-refractivity contribution in [1.82, 2.24) is 15.3 Å². The van der Waals surface area contributed by atoms with Crippen molar-refractivity contribution in [3.63, 3.8) is 0 Å². The topological polar surface area (TPSA) is 77.2 Å². The fourth-order valence-electron chi connectivity index (χ4n) is 2.49. The molecule has 6 heteroatoms. The molecule has 0 saturated heterocycles. The standard InChI is InChI=1S/C19H19N3O3/c1-12-6-4-7-13(2)17(12)25-19-15(8-5-9-20-19)10-21-18(23)16-14(3)24-11-22-16/h4-9,11H,10H2,1-3H3,(H,21,23). The lowest BCUT2D eigenvalue weighted by atomic mass is 10.1. The van der Waals surface area contributed by atoms with E-state index in [1.807, 2.05) is 38.1 Å². The van der Waals surface area contributed by atoms with Gasteiger partial charge in [0, 0.05) is 18.3 Å². The molecular formula is C19H19N3O3. The number of nitrogens with zero attached hydrogens (tertiary/aromatic N) is 2. The highest BCUT2D eigenvalue weighted by Gasteiger charge is 2.15. The van der Waals surface area contributed by atoms with Crippen molar-refractivity contribution in [2.45, 2.75) is 27.3 Å². The van der Waals surface area contributed by atoms with Gasteiger partial charge >= 0.3 is 0 Å². The second-order valence-electron chi connectivity index (χ2n) is 5.73. The Morgan fingerprint density at radius 3 is 2.56 bits per heavy atom. The Morgan fingerprint density at radius 2 is 1.88 bits per heavy atom. The highest BCUT2D eigenvalue weighted by molar-refractivity contribution is 5.93. The van der Waals surface area contributed by atoms with E-state index in [0.29, 0.717) is 11.6 Å². The molecule has 0 spiro atoms. The fraction of sp³-hybridized carbons (Fsp3) is 0.211. The second kappa shape index (κ2) is 7.17. The fourth-order valence-corrected chi connectivity index (χ4v) is 2.49. The van der Waals surface area contributed by atoms with Gasteiger partial charge < -0.3 is 14.5 Å². The molecule has 0 aliphatic carbocycles. The number of benzene rings is 1. The maximum absolute atomic E-state index is 12.2. The van der Waals surface area contributed by atoms with Crippen LogP contribution in [0.15, 0.2) is 47.3 Å². The first-order valence-corrected chi connectivity index (χ1v) is 7.92. The minimum Gasteiger partial charge on any atom is -0.448 e. The SMILES string of the molecule is Cc1cccc(C)c1Oc1ncccc1CNC(=O)c1ncoc1C. The van der Waals surface area contributed by atoms with Crippen molar-refractivity contribution in [1.29, 1.82) is 0 Å². The number of hydrogen-bond donors (Lipinski definition) is 1. The molecule has 3 rings (SSSR count). The molecule has 0 fully saturated rings. The van der Waals surface area contributed by atoms with Crippen molar-refractivity contribution < 1.29 is 13.9 Å². The van der Waals surface area contributed by atoms with Crippen LogP contribution >= 0.6 is 0 Å². The van der Waals surface area contributed by atoms with Crippen LogP contribution < -0.4 is 10.1 Å². The Labute approximate surface area is 145 Å². The third kappa shape index (κ3) is 3.68. The van der Waals surface area contributed by atoms with Crippen LogP contribution in [0, 0.1) is 20.8 Å². The number of rotatable bonds is 5. The number of nitrogens with one attached hydrogen (secondary N) is 1. The van der Waals surface area contributed by atoms with Gasteiger partial charge in [0.15, 0.2) is 12.1 Å². The minimum atomic E-state index is -0.298. The van der Waals surface area contributed by atoms with Crippen LogP contribution in [0.5, 0.6) is 11.6 Å². The normalized spacial score (nSPS) is 10.5. The summed E-state index contributed by atoms with van der Waals surface area (Å²) in [7, 11) is 0. The smallest absolute Gasteiger partial charge is 0.273 e. The maximum Gasteiger partial charge on any atom is 0.273 e. The first-order valence-electron chi connectivity index (χ1n) is 7.92. The van der Waals surface area contributed by atoms with E-state index in [0.717, 1.165) is 22.4 Å². The molecule has 0 aliphatic heterocycles. The van der Waals surface area contributed by atoms with Gasteiger partial charge in [-0.15, -0.1) is 0 Å². The molecule has 0 radical (unpaired) electrons. The Morgan fingerprint density at radius 1 is 1.12 bits per heavy atom. The van der Waals surface area contributed by atoms with E-state index in [9.17, 15) is 4.79 Å². The number of carbonyl (C=O) groups is 1. The summed E-state index contributed by atoms with van der Waals surface area (Å²) in [6.07, 6.45) is 2.92. The van der Waals surface area contributed by atoms with Gasteiger partial charge in [0.1, 0.15) is 11.5 Å². The zero-order chi connectivity index (χ0) is 17.8. The first-order chi connectivity index (χ1) is 12.1. The summed E-state index contributed by atoms with van der Waals surface area (Å²) in [6, 6.07) is 9.63. The molecule has 6 nitrogen and oxygen atoms in total. The van der Waals surface area contributed by atoms with Crippen LogP contribution in [0.4, 0.5) is 0 Å². The van der Waals surface area contributed by atoms with E-state index in [2.05, 4.69) is 15.3 Å². The van der Waals surface area contributed by atoms with Gasteiger partial charge in [0.25, 0.3) is 5.91 Å². The van der Waals surface area contributed by atoms with Crippen LogP contribution in [0.25, 0.3) is 0 Å². The summed E-state index contributed by atoms with van der Waals surface area (Å²) in [5, 5.41) is 2.82. The summed E-state index contributed by atoms with van der Waals surface area (Å²) in [5.74, 6) is 1.43. The van der Waals surface area contributed by atoms with E-state index in [-0.39, 0.29) is 18.1 Å². The minimum absolute atomic E-state index is 0.277. The number of amides is 1. The van der Waals surface area contributed by atoms with Gasteiger partial charge in [-0.1, -0.05) is 24.3 Å². The van der Waals surface area contributed by atoms with E-state index in [1.165, 1.54) is 6.39 Å². The van der Waals surface area contributed by atoms with Crippen LogP contribution in [0.1, 0.15) is 32.9 Å². The Kier molecular flexibility index (Phi) is 4.79. The van der Waals surface area contributed by atoms with Gasteiger partial charge in [-0.25, -0.2) is 9.97 Å². The molecule has 25 heavy (non-hydrogen) atoms. The molecule has 128 valence electrons. The van der Waals surface area contributed by atoms with Crippen molar-refractivity contribution in [2.24, 2.45) is 0 Å². The summed E-state index contributed by atoms with van der Waals surface area (Å²) >= 11 is 0. The number of ether oxygens (including phenoxy) is 1. The van der Waals surface area contributed by atoms with E-state index >= 15 is 0 Å². The molecule has 2 heterocycles. The lowest BCUT2D eigenvalue weighted by Gasteiger charge is -2.14. The average molecular weight is 337 g/mol. The molecule has 1 aromatic carbocycles. The predicted octanol–water partition coefficient (Wildman–Crippen LogP) is 3.72. The highest BCUT2D eigenvalue weighted by Crippen LogP contribution is 2.29. The van der Waals surface area contributed by atoms with Crippen LogP contribution in [0.2, 0.25) is 0 Å². The molecular weight excluding hydrogens is 318 g/mol. The quantitative estimate of drug-likeness (QED) is 0.768. The largest absolute Gasteiger partial charge is 0.448 e. The van der Waals surface area contributed by atoms with Gasteiger partial charge in [-0.05, 0) is 38.0 Å². The van der Waals surface area contributed by atoms with Gasteiger partial charge in [0.05, 0.1) is 0 Å². The Bertz CT molecular complexity index is 882. The first kappa shape index (κ1) is 16.7. The Hall–Kier alpha value is -3.15. The van der Waals surface area contributed by atoms with Crippen molar-refractivity contribution in [3.8, 4) is 11.6 Å². The van der Waals surface area contributed by atoms with Crippen molar-refractivity contribution in [2.75, 3.05) is 0 Å². The molecule has 0 saturated carbocycles. The Balaban J connectivity index is 1.77. The number of para-hydroxylation sites is 1. The lowest BCUT2D eigenvalue weighted by Crippen LogP contribution is -2.24. The number of hydrogen-bond acceptors (Lipinski definition) is 5. The van der Waals surface area contributed by atoms with Crippen molar-refractivity contribution >= 4 is 5.91 Å². The molecule has 1 amide bonds. The van der Waals surface area contributed by atoms with Crippen molar-refractivity contribution in [3.05, 3.63) is 71.1 Å². The maximum atomic E-state index is 12.2. The average Bonchev–Trinajstić information content (AvgIpc) is 3.03. The summed E-state index contributed by atoms with van der Waals surface area (Å²) in [6.45, 7) is 5.95. The van der Waals surface area contributed by atoms with E-state index in [1.54, 1.807) is 19.2 Å². The van der Waals surface area contributed by atoms with Crippen LogP contribution in [-0.2, 0) is 6.54 Å². The molecule has 0 unspecified atom stereocenters.